The largest absolute Gasteiger partial charge is 0.436 e. The number of hydrogen-bond donors (Lipinski definition) is 1. The van der Waals surface area contributed by atoms with E-state index in [2.05, 4.69) is 4.98 Å². The van der Waals surface area contributed by atoms with Crippen molar-refractivity contribution in [3.8, 4) is 17.2 Å². The van der Waals surface area contributed by atoms with Crippen molar-refractivity contribution in [3.05, 3.63) is 77.9 Å². The third-order valence-electron chi connectivity index (χ3n) is 4.54. The van der Waals surface area contributed by atoms with Crippen LogP contribution in [-0.4, -0.2) is 13.4 Å². The van der Waals surface area contributed by atoms with E-state index in [0.29, 0.717) is 11.1 Å². The Hall–Kier alpha value is -3.37. The number of nitrogens with zero attached hydrogens (tertiary/aromatic N) is 1. The van der Waals surface area contributed by atoms with E-state index in [1.165, 1.54) is 31.2 Å². The van der Waals surface area contributed by atoms with Gasteiger partial charge in [-0.05, 0) is 48.2 Å². The van der Waals surface area contributed by atoms with Crippen LogP contribution < -0.4 is 9.72 Å². The Bertz CT molecular complexity index is 1320. The lowest BCUT2D eigenvalue weighted by atomic mass is 10.0. The minimum Gasteiger partial charge on any atom is -0.436 e. The Morgan fingerprint density at radius 3 is 2.32 bits per heavy atom. The van der Waals surface area contributed by atoms with Gasteiger partial charge >= 0.3 is 6.18 Å². The SMILES string of the molecule is Cc1c(ONS(=O)(=O)c2ccccc2)ccc(C(F)(F)F)c1-c1nc2ccccc2o1. The van der Waals surface area contributed by atoms with Gasteiger partial charge in [0, 0.05) is 5.56 Å². The van der Waals surface area contributed by atoms with Crippen molar-refractivity contribution in [2.75, 3.05) is 0 Å². The number of rotatable bonds is 5. The van der Waals surface area contributed by atoms with Crippen LogP contribution in [0.4, 0.5) is 13.2 Å². The molecule has 0 spiro atoms. The van der Waals surface area contributed by atoms with Gasteiger partial charge in [-0.25, -0.2) is 13.4 Å². The average molecular weight is 448 g/mol. The number of sulfonamides is 1. The third kappa shape index (κ3) is 4.12. The zero-order valence-corrected chi connectivity index (χ0v) is 16.8. The number of nitrogens with one attached hydrogen (secondary N) is 1. The van der Waals surface area contributed by atoms with Gasteiger partial charge in [-0.2, -0.15) is 13.2 Å². The highest BCUT2D eigenvalue weighted by atomic mass is 32.2. The van der Waals surface area contributed by atoms with Crippen molar-refractivity contribution < 1.29 is 30.8 Å². The third-order valence-corrected chi connectivity index (χ3v) is 5.74. The van der Waals surface area contributed by atoms with Gasteiger partial charge in [0.05, 0.1) is 16.0 Å². The maximum atomic E-state index is 13.7. The minimum absolute atomic E-state index is 0.0112. The van der Waals surface area contributed by atoms with E-state index in [9.17, 15) is 21.6 Å². The fourth-order valence-corrected chi connectivity index (χ4v) is 3.85. The van der Waals surface area contributed by atoms with Crippen molar-refractivity contribution in [2.24, 2.45) is 0 Å². The first kappa shape index (κ1) is 20.9. The summed E-state index contributed by atoms with van der Waals surface area (Å²) in [7, 11) is -4.05. The van der Waals surface area contributed by atoms with E-state index < -0.39 is 21.8 Å². The van der Waals surface area contributed by atoms with Crippen LogP contribution in [0, 0.1) is 6.92 Å². The van der Waals surface area contributed by atoms with Crippen LogP contribution in [0.3, 0.4) is 0 Å². The first-order valence-electron chi connectivity index (χ1n) is 8.97. The molecule has 0 aliphatic rings. The molecule has 3 aromatic carbocycles. The fourth-order valence-electron chi connectivity index (χ4n) is 3.04. The zero-order chi connectivity index (χ0) is 22.2. The summed E-state index contributed by atoms with van der Waals surface area (Å²) in [6, 6.07) is 15.8. The van der Waals surface area contributed by atoms with Gasteiger partial charge in [0.1, 0.15) is 5.52 Å². The number of fused-ring (bicyclic) bond motifs is 1. The molecule has 0 radical (unpaired) electrons. The van der Waals surface area contributed by atoms with E-state index in [-0.39, 0.29) is 27.7 Å². The quantitative estimate of drug-likeness (QED) is 0.430. The number of para-hydroxylation sites is 2. The maximum Gasteiger partial charge on any atom is 0.417 e. The Morgan fingerprint density at radius 2 is 1.65 bits per heavy atom. The normalized spacial score (nSPS) is 12.3. The summed E-state index contributed by atoms with van der Waals surface area (Å²) in [6.07, 6.45) is -4.69. The summed E-state index contributed by atoms with van der Waals surface area (Å²) in [6.45, 7) is 1.37. The van der Waals surface area contributed by atoms with Crippen LogP contribution in [-0.2, 0) is 16.2 Å². The molecule has 1 N–H and O–H groups in total. The fraction of sp³-hybridized carbons (Fsp3) is 0.0952. The molecule has 1 heterocycles. The molecule has 4 rings (SSSR count). The summed E-state index contributed by atoms with van der Waals surface area (Å²) < 4.78 is 71.3. The Kier molecular flexibility index (Phi) is 5.19. The molecule has 0 saturated carbocycles. The van der Waals surface area contributed by atoms with Crippen LogP contribution in [0.1, 0.15) is 11.1 Å². The van der Waals surface area contributed by atoms with Gasteiger partial charge < -0.3 is 9.25 Å². The lowest BCUT2D eigenvalue weighted by Crippen LogP contribution is -2.27. The van der Waals surface area contributed by atoms with E-state index in [1.54, 1.807) is 30.3 Å². The van der Waals surface area contributed by atoms with Gasteiger partial charge in [0.15, 0.2) is 11.3 Å². The number of halogens is 3. The molecule has 0 atom stereocenters. The lowest BCUT2D eigenvalue weighted by Gasteiger charge is -2.16. The Balaban J connectivity index is 1.76. The maximum absolute atomic E-state index is 13.7. The monoisotopic (exact) mass is 448 g/mol. The van der Waals surface area contributed by atoms with Gasteiger partial charge in [0.25, 0.3) is 10.0 Å². The molecule has 0 saturated heterocycles. The molecular formula is C21H15F3N2O4S. The van der Waals surface area contributed by atoms with Crippen molar-refractivity contribution in [3.63, 3.8) is 0 Å². The molecule has 0 aliphatic heterocycles. The van der Waals surface area contributed by atoms with Crippen LogP contribution in [0.25, 0.3) is 22.6 Å². The number of oxazole rings is 1. The van der Waals surface area contributed by atoms with Crippen molar-refractivity contribution in [1.29, 1.82) is 0 Å². The summed E-state index contributed by atoms with van der Waals surface area (Å²) in [4.78, 5) is 11.2. The number of aromatic nitrogens is 1. The highest BCUT2D eigenvalue weighted by molar-refractivity contribution is 7.89. The van der Waals surface area contributed by atoms with Gasteiger partial charge in [0.2, 0.25) is 5.89 Å². The summed E-state index contributed by atoms with van der Waals surface area (Å²) in [5.74, 6) is -0.368. The number of benzene rings is 3. The lowest BCUT2D eigenvalue weighted by molar-refractivity contribution is -0.137. The second kappa shape index (κ2) is 7.71. The van der Waals surface area contributed by atoms with Crippen molar-refractivity contribution in [1.82, 2.24) is 9.87 Å². The first-order chi connectivity index (χ1) is 14.7. The Labute approximate surface area is 175 Å². The first-order valence-corrected chi connectivity index (χ1v) is 10.5. The second-order valence-electron chi connectivity index (χ2n) is 6.60. The molecule has 31 heavy (non-hydrogen) atoms. The molecule has 4 aromatic rings. The number of hydrogen-bond acceptors (Lipinski definition) is 5. The topological polar surface area (TPSA) is 81.4 Å². The average Bonchev–Trinajstić information content (AvgIpc) is 3.16. The molecule has 0 amide bonds. The minimum atomic E-state index is -4.69. The van der Waals surface area contributed by atoms with Gasteiger partial charge in [-0.15, -0.1) is 0 Å². The molecule has 0 bridgehead atoms. The smallest absolute Gasteiger partial charge is 0.417 e. The van der Waals surface area contributed by atoms with Crippen LogP contribution >= 0.6 is 0 Å². The van der Waals surface area contributed by atoms with E-state index in [0.717, 1.165) is 12.1 Å². The summed E-state index contributed by atoms with van der Waals surface area (Å²) in [5, 5.41) is 0. The van der Waals surface area contributed by atoms with Gasteiger partial charge in [-0.1, -0.05) is 30.3 Å². The Morgan fingerprint density at radius 1 is 0.968 bits per heavy atom. The highest BCUT2D eigenvalue weighted by Crippen LogP contribution is 2.42. The molecule has 1 aromatic heterocycles. The number of alkyl halides is 3. The highest BCUT2D eigenvalue weighted by Gasteiger charge is 2.37. The molecule has 160 valence electrons. The van der Waals surface area contributed by atoms with Crippen LogP contribution in [0.5, 0.6) is 5.75 Å². The molecule has 6 nitrogen and oxygen atoms in total. The summed E-state index contributed by atoms with van der Waals surface area (Å²) >= 11 is 0. The van der Waals surface area contributed by atoms with Crippen LogP contribution in [0.15, 0.2) is 76.0 Å². The molecule has 10 heteroatoms. The van der Waals surface area contributed by atoms with E-state index in [4.69, 9.17) is 9.25 Å². The predicted octanol–water partition coefficient (Wildman–Crippen LogP) is 5.09. The van der Waals surface area contributed by atoms with E-state index >= 15 is 0 Å². The molecule has 0 aliphatic carbocycles. The predicted molar refractivity (Wildman–Crippen MR) is 107 cm³/mol. The standard InChI is InChI=1S/C21H15F3N2O4S/c1-13-17(30-26-31(27,28)14-7-3-2-4-8-14)12-11-15(21(22,23)24)19(13)20-25-16-9-5-6-10-18(16)29-20/h2-12,26H,1H3. The van der Waals surface area contributed by atoms with Crippen LogP contribution in [0.2, 0.25) is 0 Å². The second-order valence-corrected chi connectivity index (χ2v) is 8.24. The molecular weight excluding hydrogens is 433 g/mol. The van der Waals surface area contributed by atoms with Crippen molar-refractivity contribution >= 4 is 21.1 Å². The van der Waals surface area contributed by atoms with Gasteiger partial charge in [-0.3, -0.25) is 0 Å². The zero-order valence-electron chi connectivity index (χ0n) is 16.0. The molecule has 0 unspecified atom stereocenters. The summed E-state index contributed by atoms with van der Waals surface area (Å²) in [5.41, 5.74) is -0.589. The van der Waals surface area contributed by atoms with E-state index in [1.807, 2.05) is 4.89 Å². The van der Waals surface area contributed by atoms with Crippen molar-refractivity contribution in [2.45, 2.75) is 18.0 Å². The molecule has 0 fully saturated rings.